The number of amides is 1. The van der Waals surface area contributed by atoms with Crippen molar-refractivity contribution in [2.75, 3.05) is 13.1 Å². The van der Waals surface area contributed by atoms with Crippen LogP contribution in [0.25, 0.3) is 0 Å². The molecule has 0 radical (unpaired) electrons. The number of hydrogen-bond acceptors (Lipinski definition) is 2. The third kappa shape index (κ3) is 5.30. The fourth-order valence-corrected chi connectivity index (χ4v) is 5.12. The van der Waals surface area contributed by atoms with E-state index in [4.69, 9.17) is 0 Å². The van der Waals surface area contributed by atoms with E-state index in [0.717, 1.165) is 42.8 Å². The van der Waals surface area contributed by atoms with Crippen molar-refractivity contribution in [3.8, 4) is 0 Å². The molecule has 1 amide bonds. The van der Waals surface area contributed by atoms with Gasteiger partial charge in [-0.25, -0.2) is 0 Å². The molecule has 3 aromatic rings. The van der Waals surface area contributed by atoms with Crippen LogP contribution in [0.5, 0.6) is 0 Å². The Kier molecular flexibility index (Phi) is 6.68. The van der Waals surface area contributed by atoms with Crippen LogP contribution in [0.2, 0.25) is 0 Å². The average molecular weight is 402 g/mol. The van der Waals surface area contributed by atoms with E-state index >= 15 is 0 Å². The molecule has 4 rings (SSSR count). The first-order chi connectivity index (χ1) is 14.3. The van der Waals surface area contributed by atoms with Crippen LogP contribution in [0.1, 0.15) is 29.2 Å². The Bertz CT molecular complexity index is 890. The van der Waals surface area contributed by atoms with Gasteiger partial charge < -0.3 is 4.90 Å². The molecule has 1 heterocycles. The van der Waals surface area contributed by atoms with E-state index in [1.54, 1.807) is 11.8 Å². The van der Waals surface area contributed by atoms with E-state index in [2.05, 4.69) is 59.5 Å². The Labute approximate surface area is 178 Å². The van der Waals surface area contributed by atoms with Crippen molar-refractivity contribution < 1.29 is 4.79 Å². The van der Waals surface area contributed by atoms with Gasteiger partial charge in [0.05, 0.1) is 0 Å². The monoisotopic (exact) mass is 401 g/mol. The van der Waals surface area contributed by atoms with Crippen LogP contribution < -0.4 is 0 Å². The van der Waals surface area contributed by atoms with Crippen molar-refractivity contribution in [2.24, 2.45) is 5.92 Å². The summed E-state index contributed by atoms with van der Waals surface area (Å²) >= 11 is 1.66. The molecule has 1 atom stereocenters. The molecule has 1 aliphatic heterocycles. The lowest BCUT2D eigenvalue weighted by Crippen LogP contribution is -2.40. The summed E-state index contributed by atoms with van der Waals surface area (Å²) in [4.78, 5) is 16.7. The summed E-state index contributed by atoms with van der Waals surface area (Å²) in [5.41, 5.74) is 2.48. The number of carbonyl (C=O) groups is 1. The number of nitrogens with zero attached hydrogens (tertiary/aromatic N) is 1. The number of likely N-dealkylation sites (tertiary alicyclic amines) is 1. The molecule has 0 N–H and O–H groups in total. The number of rotatable bonds is 6. The van der Waals surface area contributed by atoms with Gasteiger partial charge >= 0.3 is 0 Å². The van der Waals surface area contributed by atoms with Crippen molar-refractivity contribution >= 4 is 17.7 Å². The zero-order valence-corrected chi connectivity index (χ0v) is 17.4. The zero-order chi connectivity index (χ0) is 19.9. The summed E-state index contributed by atoms with van der Waals surface area (Å²) in [5.74, 6) is 0.904. The summed E-state index contributed by atoms with van der Waals surface area (Å²) in [6, 6.07) is 31.1. The number of piperidine rings is 1. The first-order valence-corrected chi connectivity index (χ1v) is 11.3. The molecule has 0 aromatic heterocycles. The summed E-state index contributed by atoms with van der Waals surface area (Å²) in [5, 5.41) is -0.190. The van der Waals surface area contributed by atoms with Gasteiger partial charge in [0.1, 0.15) is 5.25 Å². The Hall–Kier alpha value is -2.52. The minimum Gasteiger partial charge on any atom is -0.341 e. The average Bonchev–Trinajstić information content (AvgIpc) is 2.79. The third-order valence-corrected chi connectivity index (χ3v) is 6.87. The Morgan fingerprint density at radius 1 is 0.828 bits per heavy atom. The Morgan fingerprint density at radius 2 is 1.38 bits per heavy atom. The van der Waals surface area contributed by atoms with Crippen molar-refractivity contribution in [1.82, 2.24) is 4.90 Å². The highest BCUT2D eigenvalue weighted by Gasteiger charge is 2.30. The molecule has 1 fully saturated rings. The summed E-state index contributed by atoms with van der Waals surface area (Å²) in [7, 11) is 0. The molecule has 3 aromatic carbocycles. The van der Waals surface area contributed by atoms with Crippen molar-refractivity contribution in [1.29, 1.82) is 0 Å². The Morgan fingerprint density at radius 3 is 2.00 bits per heavy atom. The van der Waals surface area contributed by atoms with Crippen molar-refractivity contribution in [3.63, 3.8) is 0 Å². The van der Waals surface area contributed by atoms with Crippen LogP contribution in [-0.4, -0.2) is 23.9 Å². The van der Waals surface area contributed by atoms with Crippen molar-refractivity contribution in [2.45, 2.75) is 29.4 Å². The second-order valence-corrected chi connectivity index (χ2v) is 8.86. The molecular weight excluding hydrogens is 374 g/mol. The second kappa shape index (κ2) is 9.80. The molecule has 0 saturated carbocycles. The fraction of sp³-hybridized carbons (Fsp3) is 0.269. The van der Waals surface area contributed by atoms with Gasteiger partial charge in [0.15, 0.2) is 0 Å². The maximum atomic E-state index is 13.5. The van der Waals surface area contributed by atoms with E-state index < -0.39 is 0 Å². The normalized spacial score (nSPS) is 15.8. The predicted octanol–water partition coefficient (Wildman–Crippen LogP) is 6.00. The van der Waals surface area contributed by atoms with Crippen LogP contribution in [0.4, 0.5) is 0 Å². The molecule has 2 nitrogen and oxygen atoms in total. The standard InChI is InChI=1S/C26H27NOS/c28-26(27-18-16-22(17-19-27)20-21-10-4-1-5-11-21)25(23-12-6-2-7-13-23)29-24-14-8-3-9-15-24/h1-15,22,25H,16-20H2. The van der Waals surface area contributed by atoms with Gasteiger partial charge in [-0.2, -0.15) is 0 Å². The highest BCUT2D eigenvalue weighted by Crippen LogP contribution is 2.37. The van der Waals surface area contributed by atoms with E-state index in [1.807, 2.05) is 36.4 Å². The first-order valence-electron chi connectivity index (χ1n) is 10.4. The topological polar surface area (TPSA) is 20.3 Å². The first kappa shape index (κ1) is 19.8. The lowest BCUT2D eigenvalue weighted by atomic mass is 9.90. The number of carbonyl (C=O) groups excluding carboxylic acids is 1. The number of thioether (sulfide) groups is 1. The van der Waals surface area contributed by atoms with Gasteiger partial charge in [-0.1, -0.05) is 78.9 Å². The van der Waals surface area contributed by atoms with Crippen LogP contribution in [0.3, 0.4) is 0 Å². The maximum absolute atomic E-state index is 13.5. The second-order valence-electron chi connectivity index (χ2n) is 7.68. The predicted molar refractivity (Wildman–Crippen MR) is 121 cm³/mol. The van der Waals surface area contributed by atoms with Crippen LogP contribution in [-0.2, 0) is 11.2 Å². The van der Waals surface area contributed by atoms with Gasteiger partial charge in [-0.3, -0.25) is 4.79 Å². The molecule has 0 aliphatic carbocycles. The van der Waals surface area contributed by atoms with Crippen LogP contribution in [0, 0.1) is 5.92 Å². The minimum atomic E-state index is -0.190. The van der Waals surface area contributed by atoms with E-state index in [0.29, 0.717) is 5.92 Å². The van der Waals surface area contributed by atoms with E-state index in [1.165, 1.54) is 5.56 Å². The molecular formula is C26H27NOS. The third-order valence-electron chi connectivity index (χ3n) is 5.62. The lowest BCUT2D eigenvalue weighted by molar-refractivity contribution is -0.132. The molecule has 0 spiro atoms. The van der Waals surface area contributed by atoms with Crippen molar-refractivity contribution in [3.05, 3.63) is 102 Å². The SMILES string of the molecule is O=C(C(Sc1ccccc1)c1ccccc1)N1CCC(Cc2ccccc2)CC1. The van der Waals surface area contributed by atoms with Gasteiger partial charge in [0, 0.05) is 18.0 Å². The summed E-state index contributed by atoms with van der Waals surface area (Å²) in [6.07, 6.45) is 3.28. The van der Waals surface area contributed by atoms with Gasteiger partial charge in [-0.15, -0.1) is 11.8 Å². The molecule has 148 valence electrons. The number of hydrogen-bond donors (Lipinski definition) is 0. The highest BCUT2D eigenvalue weighted by molar-refractivity contribution is 8.00. The zero-order valence-electron chi connectivity index (χ0n) is 16.6. The fourth-order valence-electron chi connectivity index (χ4n) is 3.99. The minimum absolute atomic E-state index is 0.190. The van der Waals surface area contributed by atoms with Gasteiger partial charge in [-0.05, 0) is 48.4 Å². The van der Waals surface area contributed by atoms with Gasteiger partial charge in [0.25, 0.3) is 0 Å². The highest BCUT2D eigenvalue weighted by atomic mass is 32.2. The molecule has 3 heteroatoms. The summed E-state index contributed by atoms with van der Waals surface area (Å²) < 4.78 is 0. The van der Waals surface area contributed by atoms with E-state index in [9.17, 15) is 4.79 Å². The smallest absolute Gasteiger partial charge is 0.240 e. The largest absolute Gasteiger partial charge is 0.341 e. The van der Waals surface area contributed by atoms with E-state index in [-0.39, 0.29) is 11.2 Å². The summed E-state index contributed by atoms with van der Waals surface area (Å²) in [6.45, 7) is 1.71. The molecule has 1 aliphatic rings. The Balaban J connectivity index is 1.43. The quantitative estimate of drug-likeness (QED) is 0.472. The maximum Gasteiger partial charge on any atom is 0.240 e. The molecule has 29 heavy (non-hydrogen) atoms. The van der Waals surface area contributed by atoms with Gasteiger partial charge in [0.2, 0.25) is 5.91 Å². The lowest BCUT2D eigenvalue weighted by Gasteiger charge is -2.34. The molecule has 1 saturated heterocycles. The molecule has 0 bridgehead atoms. The van der Waals surface area contributed by atoms with Crippen LogP contribution in [0.15, 0.2) is 95.9 Å². The number of benzene rings is 3. The molecule has 1 unspecified atom stereocenters. The van der Waals surface area contributed by atoms with Crippen LogP contribution >= 0.6 is 11.8 Å².